The first-order chi connectivity index (χ1) is 8.88. The van der Waals surface area contributed by atoms with Crippen molar-refractivity contribution in [1.82, 2.24) is 0 Å². The van der Waals surface area contributed by atoms with E-state index in [4.69, 9.17) is 19.3 Å². The summed E-state index contributed by atoms with van der Waals surface area (Å²) in [7, 11) is 0. The van der Waals surface area contributed by atoms with Gasteiger partial charge in [0.05, 0.1) is 18.3 Å². The summed E-state index contributed by atoms with van der Waals surface area (Å²) in [6, 6.07) is 0. The van der Waals surface area contributed by atoms with Gasteiger partial charge in [0.2, 0.25) is 0 Å². The second-order valence-corrected chi connectivity index (χ2v) is 4.96. The molecule has 7 nitrogen and oxygen atoms in total. The molecule has 7 atom stereocenters. The molecule has 1 saturated heterocycles. The summed E-state index contributed by atoms with van der Waals surface area (Å²) in [6.45, 7) is 2.74. The molecule has 114 valence electrons. The third kappa shape index (κ3) is 4.54. The first kappa shape index (κ1) is 17.1. The topological polar surface area (TPSA) is 109 Å². The lowest BCUT2D eigenvalue weighted by molar-refractivity contribution is -0.238. The molecule has 0 aromatic heterocycles. The predicted molar refractivity (Wildman–Crippen MR) is 68.7 cm³/mol. The van der Waals surface area contributed by atoms with E-state index in [1.165, 1.54) is 6.92 Å². The molecule has 0 radical (unpaired) electrons. The molecule has 7 unspecified atom stereocenters. The van der Waals surface area contributed by atoms with E-state index in [9.17, 15) is 15.3 Å². The van der Waals surface area contributed by atoms with Gasteiger partial charge in [0.25, 0.3) is 0 Å². The summed E-state index contributed by atoms with van der Waals surface area (Å²) >= 11 is 4.06. The maximum absolute atomic E-state index is 9.88. The predicted octanol–water partition coefficient (Wildman–Crippen LogP) is -1.52. The first-order valence-corrected chi connectivity index (χ1v) is 6.73. The van der Waals surface area contributed by atoms with Gasteiger partial charge in [-0.05, 0) is 13.8 Å². The Kier molecular flexibility index (Phi) is 6.98. The number of aliphatic hydroxyl groups excluding tert-OH is 4. The smallest absolute Gasteiger partial charge is 0.186 e. The van der Waals surface area contributed by atoms with E-state index in [0.29, 0.717) is 5.75 Å². The zero-order valence-electron chi connectivity index (χ0n) is 10.9. The van der Waals surface area contributed by atoms with Crippen LogP contribution >= 0.6 is 12.6 Å². The van der Waals surface area contributed by atoms with E-state index in [1.54, 1.807) is 6.92 Å². The maximum Gasteiger partial charge on any atom is 0.186 e. The third-order valence-corrected chi connectivity index (χ3v) is 3.40. The van der Waals surface area contributed by atoms with Crippen LogP contribution in [0, 0.1) is 0 Å². The van der Waals surface area contributed by atoms with Gasteiger partial charge in [0.15, 0.2) is 13.1 Å². The number of aliphatic hydroxyl groups is 4. The van der Waals surface area contributed by atoms with Gasteiger partial charge in [-0.3, -0.25) is 0 Å². The fourth-order valence-corrected chi connectivity index (χ4v) is 2.13. The van der Waals surface area contributed by atoms with Crippen LogP contribution in [-0.2, 0) is 14.2 Å². The minimum absolute atomic E-state index is 0.324. The van der Waals surface area contributed by atoms with Crippen LogP contribution in [0.5, 0.6) is 0 Å². The SMILES string of the molecule is CC(O)C(O)C(O)OCOC1C(C)OC(CS)C1O. The van der Waals surface area contributed by atoms with Crippen molar-refractivity contribution in [2.24, 2.45) is 0 Å². The number of rotatable bonds is 7. The zero-order valence-corrected chi connectivity index (χ0v) is 11.8. The average Bonchev–Trinajstić information content (AvgIpc) is 2.64. The second kappa shape index (κ2) is 7.75. The third-order valence-electron chi connectivity index (χ3n) is 3.04. The Morgan fingerprint density at radius 1 is 1.32 bits per heavy atom. The van der Waals surface area contributed by atoms with Crippen molar-refractivity contribution in [3.8, 4) is 0 Å². The lowest BCUT2D eigenvalue weighted by atomic mass is 10.1. The Hall–Kier alpha value is 0.0700. The van der Waals surface area contributed by atoms with E-state index in [2.05, 4.69) is 12.6 Å². The molecule has 0 amide bonds. The minimum Gasteiger partial charge on any atom is -0.391 e. The highest BCUT2D eigenvalue weighted by Crippen LogP contribution is 2.24. The van der Waals surface area contributed by atoms with Gasteiger partial charge in [-0.15, -0.1) is 0 Å². The fourth-order valence-electron chi connectivity index (χ4n) is 1.83. The van der Waals surface area contributed by atoms with Crippen LogP contribution in [-0.4, -0.2) is 75.9 Å². The van der Waals surface area contributed by atoms with Crippen molar-refractivity contribution in [3.63, 3.8) is 0 Å². The second-order valence-electron chi connectivity index (χ2n) is 4.59. The van der Waals surface area contributed by atoms with E-state index < -0.39 is 36.8 Å². The minimum atomic E-state index is -1.56. The molecule has 19 heavy (non-hydrogen) atoms. The lowest BCUT2D eigenvalue weighted by Gasteiger charge is -2.23. The van der Waals surface area contributed by atoms with Crippen molar-refractivity contribution in [2.75, 3.05) is 12.5 Å². The number of thiol groups is 1. The average molecular weight is 298 g/mol. The van der Waals surface area contributed by atoms with Crippen LogP contribution in [0.2, 0.25) is 0 Å². The standard InChI is InChI=1S/C11H22O7S/c1-5(12)8(13)11(15)17-4-16-10-6(2)18-7(3-19)9(10)14/h5-15,19H,3-4H2,1-2H3. The molecule has 1 fully saturated rings. The van der Waals surface area contributed by atoms with Crippen LogP contribution in [0.15, 0.2) is 0 Å². The largest absolute Gasteiger partial charge is 0.391 e. The van der Waals surface area contributed by atoms with E-state index >= 15 is 0 Å². The molecule has 0 saturated carbocycles. The van der Waals surface area contributed by atoms with E-state index in [1.807, 2.05) is 0 Å². The zero-order chi connectivity index (χ0) is 14.6. The van der Waals surface area contributed by atoms with Gasteiger partial charge < -0.3 is 34.6 Å². The summed E-state index contributed by atoms with van der Waals surface area (Å²) in [5, 5.41) is 37.6. The van der Waals surface area contributed by atoms with Gasteiger partial charge in [-0.2, -0.15) is 12.6 Å². The lowest BCUT2D eigenvalue weighted by Crippen LogP contribution is -2.40. The highest BCUT2D eigenvalue weighted by atomic mass is 32.1. The molecule has 1 rings (SSSR count). The van der Waals surface area contributed by atoms with E-state index in [-0.39, 0.29) is 12.9 Å². The molecule has 0 spiro atoms. The van der Waals surface area contributed by atoms with Gasteiger partial charge in [-0.25, -0.2) is 0 Å². The van der Waals surface area contributed by atoms with Crippen LogP contribution in [0.1, 0.15) is 13.8 Å². The Morgan fingerprint density at radius 2 is 1.95 bits per heavy atom. The Morgan fingerprint density at radius 3 is 2.42 bits per heavy atom. The first-order valence-electron chi connectivity index (χ1n) is 6.10. The van der Waals surface area contributed by atoms with Gasteiger partial charge in [-0.1, -0.05) is 0 Å². The molecule has 1 aliphatic heterocycles. The van der Waals surface area contributed by atoms with Crippen LogP contribution in [0.4, 0.5) is 0 Å². The molecule has 4 N–H and O–H groups in total. The van der Waals surface area contributed by atoms with Crippen molar-refractivity contribution in [3.05, 3.63) is 0 Å². The van der Waals surface area contributed by atoms with E-state index in [0.717, 1.165) is 0 Å². The van der Waals surface area contributed by atoms with Crippen molar-refractivity contribution < 1.29 is 34.6 Å². The van der Waals surface area contributed by atoms with Gasteiger partial charge in [0, 0.05) is 5.75 Å². The summed E-state index contributed by atoms with van der Waals surface area (Å²) in [6.07, 6.45) is -6.25. The Labute approximate surface area is 117 Å². The number of hydrogen-bond acceptors (Lipinski definition) is 8. The normalized spacial score (nSPS) is 36.2. The maximum atomic E-state index is 9.88. The van der Waals surface area contributed by atoms with Gasteiger partial charge >= 0.3 is 0 Å². The molecule has 0 bridgehead atoms. The molecular weight excluding hydrogens is 276 g/mol. The molecule has 0 aliphatic carbocycles. The molecule has 0 aromatic carbocycles. The molecule has 1 heterocycles. The van der Waals surface area contributed by atoms with Gasteiger partial charge in [0.1, 0.15) is 18.3 Å². The number of ether oxygens (including phenoxy) is 3. The quantitative estimate of drug-likeness (QED) is 0.287. The fraction of sp³-hybridized carbons (Fsp3) is 1.00. The molecule has 1 aliphatic rings. The monoisotopic (exact) mass is 298 g/mol. The summed E-state index contributed by atoms with van der Waals surface area (Å²) in [5.41, 5.74) is 0. The molecule has 8 heteroatoms. The Bertz CT molecular complexity index is 265. The molecular formula is C11H22O7S. The number of hydrogen-bond donors (Lipinski definition) is 5. The van der Waals surface area contributed by atoms with Crippen LogP contribution in [0.3, 0.4) is 0 Å². The summed E-state index contributed by atoms with van der Waals surface area (Å²) in [4.78, 5) is 0. The van der Waals surface area contributed by atoms with Crippen molar-refractivity contribution in [1.29, 1.82) is 0 Å². The highest BCUT2D eigenvalue weighted by molar-refractivity contribution is 7.80. The molecule has 0 aromatic rings. The van der Waals surface area contributed by atoms with Crippen LogP contribution < -0.4 is 0 Å². The van der Waals surface area contributed by atoms with Crippen LogP contribution in [0.25, 0.3) is 0 Å². The Balaban J connectivity index is 2.33. The summed E-state index contributed by atoms with van der Waals surface area (Å²) in [5.74, 6) is 0.371. The summed E-state index contributed by atoms with van der Waals surface area (Å²) < 4.78 is 15.5. The highest BCUT2D eigenvalue weighted by Gasteiger charge is 2.41. The van der Waals surface area contributed by atoms with Crippen molar-refractivity contribution in [2.45, 2.75) is 56.8 Å². The van der Waals surface area contributed by atoms with Crippen molar-refractivity contribution >= 4 is 12.6 Å².